The van der Waals surface area contributed by atoms with Gasteiger partial charge in [0.1, 0.15) is 18.8 Å². The molecule has 0 aromatic heterocycles. The summed E-state index contributed by atoms with van der Waals surface area (Å²) in [5.41, 5.74) is 0.585. The molecule has 0 unspecified atom stereocenters. The summed E-state index contributed by atoms with van der Waals surface area (Å²) >= 11 is 0. The molecule has 0 saturated carbocycles. The van der Waals surface area contributed by atoms with Gasteiger partial charge in [0.05, 0.1) is 6.26 Å². The SMILES string of the molecule is C=CCOC(=O)C1=COC1. The number of esters is 1. The van der Waals surface area contributed by atoms with Crippen molar-refractivity contribution in [3.05, 3.63) is 24.5 Å². The summed E-state index contributed by atoms with van der Waals surface area (Å²) in [6.45, 7) is 4.04. The van der Waals surface area contributed by atoms with Crippen LogP contribution in [0.3, 0.4) is 0 Å². The van der Waals surface area contributed by atoms with Gasteiger partial charge in [-0.3, -0.25) is 0 Å². The van der Waals surface area contributed by atoms with Crippen LogP contribution in [0.4, 0.5) is 0 Å². The largest absolute Gasteiger partial charge is 0.495 e. The molecule has 0 radical (unpaired) electrons. The van der Waals surface area contributed by atoms with Gasteiger partial charge < -0.3 is 9.47 Å². The summed E-state index contributed by atoms with van der Waals surface area (Å²) in [5, 5.41) is 0. The molecule has 0 aliphatic carbocycles. The highest BCUT2D eigenvalue weighted by Crippen LogP contribution is 2.08. The van der Waals surface area contributed by atoms with Gasteiger partial charge in [-0.25, -0.2) is 4.79 Å². The Kier molecular flexibility index (Phi) is 2.10. The first-order valence-corrected chi connectivity index (χ1v) is 2.93. The van der Waals surface area contributed by atoms with Crippen molar-refractivity contribution >= 4 is 5.97 Å². The normalized spacial score (nSPS) is 14.2. The number of ether oxygens (including phenoxy) is 2. The highest BCUT2D eigenvalue weighted by Gasteiger charge is 2.16. The maximum absolute atomic E-state index is 10.8. The van der Waals surface area contributed by atoms with E-state index in [9.17, 15) is 4.79 Å². The molecule has 3 heteroatoms. The minimum atomic E-state index is -0.314. The van der Waals surface area contributed by atoms with Crippen molar-refractivity contribution in [2.24, 2.45) is 0 Å². The Morgan fingerprint density at radius 3 is 3.10 bits per heavy atom. The Morgan fingerprint density at radius 2 is 2.70 bits per heavy atom. The lowest BCUT2D eigenvalue weighted by Crippen LogP contribution is -2.17. The van der Waals surface area contributed by atoms with E-state index in [-0.39, 0.29) is 12.6 Å². The average Bonchev–Trinajstić information content (AvgIpc) is 1.79. The Balaban J connectivity index is 2.27. The maximum atomic E-state index is 10.8. The van der Waals surface area contributed by atoms with Crippen LogP contribution < -0.4 is 0 Å². The van der Waals surface area contributed by atoms with Crippen LogP contribution >= 0.6 is 0 Å². The zero-order chi connectivity index (χ0) is 7.40. The second-order valence-corrected chi connectivity index (χ2v) is 1.84. The van der Waals surface area contributed by atoms with Gasteiger partial charge in [-0.05, 0) is 0 Å². The highest BCUT2D eigenvalue weighted by atomic mass is 16.5. The predicted molar refractivity (Wildman–Crippen MR) is 35.2 cm³/mol. The minimum absolute atomic E-state index is 0.260. The smallest absolute Gasteiger partial charge is 0.340 e. The van der Waals surface area contributed by atoms with Crippen LogP contribution in [0.2, 0.25) is 0 Å². The Morgan fingerprint density at radius 1 is 2.00 bits per heavy atom. The van der Waals surface area contributed by atoms with E-state index in [1.807, 2.05) is 0 Å². The van der Waals surface area contributed by atoms with Crippen molar-refractivity contribution in [3.63, 3.8) is 0 Å². The zero-order valence-electron chi connectivity index (χ0n) is 5.50. The fourth-order valence-electron chi connectivity index (χ4n) is 0.501. The van der Waals surface area contributed by atoms with Gasteiger partial charge in [0.25, 0.3) is 0 Å². The van der Waals surface area contributed by atoms with Crippen LogP contribution in [0.1, 0.15) is 0 Å². The Bertz CT molecular complexity index is 181. The van der Waals surface area contributed by atoms with Crippen LogP contribution in [0.5, 0.6) is 0 Å². The summed E-state index contributed by atoms with van der Waals surface area (Å²) in [4.78, 5) is 10.8. The van der Waals surface area contributed by atoms with E-state index in [4.69, 9.17) is 0 Å². The Hall–Kier alpha value is -1.25. The summed E-state index contributed by atoms with van der Waals surface area (Å²) < 4.78 is 9.34. The molecule has 10 heavy (non-hydrogen) atoms. The molecule has 0 saturated heterocycles. The molecule has 0 fully saturated rings. The molecule has 3 nitrogen and oxygen atoms in total. The molecule has 1 aliphatic rings. The molecule has 0 amide bonds. The van der Waals surface area contributed by atoms with Gasteiger partial charge in [0, 0.05) is 0 Å². The molecule has 0 N–H and O–H groups in total. The molecule has 0 aromatic rings. The number of rotatable bonds is 3. The van der Waals surface area contributed by atoms with Crippen LogP contribution in [0.25, 0.3) is 0 Å². The lowest BCUT2D eigenvalue weighted by atomic mass is 10.3. The molecule has 54 valence electrons. The van der Waals surface area contributed by atoms with Crippen molar-refractivity contribution in [1.29, 1.82) is 0 Å². The topological polar surface area (TPSA) is 35.5 Å². The zero-order valence-corrected chi connectivity index (χ0v) is 5.50. The van der Waals surface area contributed by atoms with Gasteiger partial charge in [-0.1, -0.05) is 12.7 Å². The number of hydrogen-bond acceptors (Lipinski definition) is 3. The molecule has 1 rings (SSSR count). The summed E-state index contributed by atoms with van der Waals surface area (Å²) in [5.74, 6) is -0.314. The molecule has 0 bridgehead atoms. The fraction of sp³-hybridized carbons (Fsp3) is 0.286. The number of carbonyl (C=O) groups is 1. The minimum Gasteiger partial charge on any atom is -0.495 e. The molecular formula is C7H8O3. The van der Waals surface area contributed by atoms with E-state index in [2.05, 4.69) is 16.1 Å². The first kappa shape index (κ1) is 6.86. The summed E-state index contributed by atoms with van der Waals surface area (Å²) in [7, 11) is 0. The number of carbonyl (C=O) groups excluding carboxylic acids is 1. The second kappa shape index (κ2) is 3.06. The van der Waals surface area contributed by atoms with E-state index in [1.54, 1.807) is 0 Å². The lowest BCUT2D eigenvalue weighted by molar-refractivity contribution is -0.139. The van der Waals surface area contributed by atoms with Crippen LogP contribution in [0.15, 0.2) is 24.5 Å². The molecule has 0 spiro atoms. The van der Waals surface area contributed by atoms with Gasteiger partial charge in [-0.2, -0.15) is 0 Å². The first-order valence-electron chi connectivity index (χ1n) is 2.93. The predicted octanol–water partition coefficient (Wildman–Crippen LogP) is 0.630. The third kappa shape index (κ3) is 1.37. The van der Waals surface area contributed by atoms with E-state index in [0.717, 1.165) is 0 Å². The van der Waals surface area contributed by atoms with Crippen molar-refractivity contribution in [3.8, 4) is 0 Å². The maximum Gasteiger partial charge on any atom is 0.340 e. The highest BCUT2D eigenvalue weighted by molar-refractivity contribution is 5.89. The lowest BCUT2D eigenvalue weighted by Gasteiger charge is -2.13. The average molecular weight is 140 g/mol. The van der Waals surface area contributed by atoms with Crippen molar-refractivity contribution < 1.29 is 14.3 Å². The summed E-state index contributed by atoms with van der Waals surface area (Å²) in [6.07, 6.45) is 2.92. The van der Waals surface area contributed by atoms with Crippen LogP contribution in [-0.4, -0.2) is 19.2 Å². The van der Waals surface area contributed by atoms with E-state index in [1.165, 1.54) is 12.3 Å². The van der Waals surface area contributed by atoms with E-state index >= 15 is 0 Å². The standard InChI is InChI=1S/C7H8O3/c1-2-3-10-7(8)6-4-9-5-6/h2,4H,1,3,5H2. The number of hydrogen-bond donors (Lipinski definition) is 0. The molecular weight excluding hydrogens is 132 g/mol. The van der Waals surface area contributed by atoms with Crippen LogP contribution in [0, 0.1) is 0 Å². The fourth-order valence-corrected chi connectivity index (χ4v) is 0.501. The monoisotopic (exact) mass is 140 g/mol. The van der Waals surface area contributed by atoms with E-state index in [0.29, 0.717) is 12.2 Å². The van der Waals surface area contributed by atoms with Crippen LogP contribution in [-0.2, 0) is 14.3 Å². The molecule has 0 aromatic carbocycles. The first-order chi connectivity index (χ1) is 4.84. The van der Waals surface area contributed by atoms with Crippen molar-refractivity contribution in [2.45, 2.75) is 0 Å². The molecule has 0 atom stereocenters. The second-order valence-electron chi connectivity index (χ2n) is 1.84. The molecule has 1 aliphatic heterocycles. The third-order valence-corrected chi connectivity index (χ3v) is 1.06. The van der Waals surface area contributed by atoms with Gasteiger partial charge in [-0.15, -0.1) is 0 Å². The molecule has 1 heterocycles. The van der Waals surface area contributed by atoms with Gasteiger partial charge >= 0.3 is 5.97 Å². The third-order valence-electron chi connectivity index (χ3n) is 1.06. The quantitative estimate of drug-likeness (QED) is 0.426. The van der Waals surface area contributed by atoms with Crippen molar-refractivity contribution in [1.82, 2.24) is 0 Å². The van der Waals surface area contributed by atoms with E-state index < -0.39 is 0 Å². The van der Waals surface area contributed by atoms with Gasteiger partial charge in [0.15, 0.2) is 0 Å². The Labute approximate surface area is 58.9 Å². The van der Waals surface area contributed by atoms with Gasteiger partial charge in [0.2, 0.25) is 0 Å². The summed E-state index contributed by atoms with van der Waals surface area (Å²) in [6, 6.07) is 0. The van der Waals surface area contributed by atoms with Crippen molar-refractivity contribution in [2.75, 3.05) is 13.2 Å².